The third kappa shape index (κ3) is 5.63. The Morgan fingerprint density at radius 3 is 2.27 bits per heavy atom. The van der Waals surface area contributed by atoms with E-state index in [9.17, 15) is 14.4 Å². The Morgan fingerprint density at radius 2 is 1.77 bits per heavy atom. The van der Waals surface area contributed by atoms with Gasteiger partial charge in [0, 0.05) is 13.3 Å². The van der Waals surface area contributed by atoms with E-state index in [0.717, 1.165) is 0 Å². The van der Waals surface area contributed by atoms with E-state index in [1.165, 1.54) is 6.92 Å². The van der Waals surface area contributed by atoms with Crippen LogP contribution in [0.15, 0.2) is 0 Å². The molecule has 0 spiro atoms. The number of rotatable bonds is 7. The van der Waals surface area contributed by atoms with E-state index in [-0.39, 0.29) is 18.3 Å². The summed E-state index contributed by atoms with van der Waals surface area (Å²) in [5.41, 5.74) is 5.89. The molecule has 1 rings (SSSR count). The summed E-state index contributed by atoms with van der Waals surface area (Å²) in [5.74, 6) is -2.28. The van der Waals surface area contributed by atoms with Gasteiger partial charge < -0.3 is 20.3 Å². The highest BCUT2D eigenvalue weighted by Crippen LogP contribution is 2.30. The first-order chi connectivity index (χ1) is 10.3. The lowest BCUT2D eigenvalue weighted by Crippen LogP contribution is -2.43. The molecule has 0 heterocycles. The van der Waals surface area contributed by atoms with Crippen LogP contribution in [0.3, 0.4) is 0 Å². The first-order valence-electron chi connectivity index (χ1n) is 7.73. The Morgan fingerprint density at radius 1 is 1.18 bits per heavy atom. The predicted molar refractivity (Wildman–Crippen MR) is 77.6 cm³/mol. The fraction of sp³-hybridized carbons (Fsp3) is 0.800. The molecule has 3 N–H and O–H groups in total. The predicted octanol–water partition coefficient (Wildman–Crippen LogP) is 1.44. The third-order valence-electron chi connectivity index (χ3n) is 3.93. The minimum atomic E-state index is -0.965. The van der Waals surface area contributed by atoms with Gasteiger partial charge in [0.1, 0.15) is 6.04 Å². The van der Waals surface area contributed by atoms with Gasteiger partial charge in [-0.05, 0) is 38.0 Å². The quantitative estimate of drug-likeness (QED) is 0.539. The number of carboxylic acid groups (broad SMARTS) is 1. The van der Waals surface area contributed by atoms with E-state index in [1.807, 2.05) is 6.92 Å². The number of carbonyl (C=O) groups is 3. The monoisotopic (exact) mass is 315 g/mol. The highest BCUT2D eigenvalue weighted by Gasteiger charge is 2.33. The summed E-state index contributed by atoms with van der Waals surface area (Å²) in [4.78, 5) is 34.2. The zero-order chi connectivity index (χ0) is 16.7. The second kappa shape index (κ2) is 8.73. The summed E-state index contributed by atoms with van der Waals surface area (Å²) in [6, 6.07) is -0.818. The molecule has 0 aromatic rings. The van der Waals surface area contributed by atoms with Crippen LogP contribution in [-0.4, -0.2) is 35.3 Å². The molecular weight excluding hydrogens is 290 g/mol. The van der Waals surface area contributed by atoms with Crippen molar-refractivity contribution in [2.75, 3.05) is 0 Å². The molecule has 0 aromatic heterocycles. The Bertz CT molecular complexity index is 403. The molecule has 0 bridgehead atoms. The van der Waals surface area contributed by atoms with Crippen molar-refractivity contribution in [3.63, 3.8) is 0 Å². The number of aliphatic carboxylic acids is 1. The molecule has 0 amide bonds. The van der Waals surface area contributed by atoms with Crippen molar-refractivity contribution in [1.82, 2.24) is 0 Å². The van der Waals surface area contributed by atoms with Gasteiger partial charge in [-0.25, -0.2) is 0 Å². The van der Waals surface area contributed by atoms with Gasteiger partial charge in [-0.3, -0.25) is 14.4 Å². The van der Waals surface area contributed by atoms with Gasteiger partial charge in [-0.1, -0.05) is 6.92 Å². The summed E-state index contributed by atoms with van der Waals surface area (Å²) in [6.07, 6.45) is 2.16. The van der Waals surface area contributed by atoms with Crippen LogP contribution in [-0.2, 0) is 23.9 Å². The van der Waals surface area contributed by atoms with E-state index in [0.29, 0.717) is 32.1 Å². The van der Waals surface area contributed by atoms with Gasteiger partial charge >= 0.3 is 17.9 Å². The number of hydrogen-bond donors (Lipinski definition) is 2. The van der Waals surface area contributed by atoms with Crippen molar-refractivity contribution in [2.24, 2.45) is 17.6 Å². The van der Waals surface area contributed by atoms with Crippen LogP contribution in [0.25, 0.3) is 0 Å². The number of nitrogens with two attached hydrogens (primary N) is 1. The highest BCUT2D eigenvalue weighted by molar-refractivity contribution is 5.76. The molecule has 0 radical (unpaired) electrons. The minimum absolute atomic E-state index is 0.0957. The summed E-state index contributed by atoms with van der Waals surface area (Å²) >= 11 is 0. The molecule has 7 heteroatoms. The molecule has 0 aromatic carbocycles. The van der Waals surface area contributed by atoms with Crippen LogP contribution in [0.1, 0.15) is 52.4 Å². The maximum atomic E-state index is 12.0. The number of hydrogen-bond acceptors (Lipinski definition) is 6. The van der Waals surface area contributed by atoms with Crippen molar-refractivity contribution in [1.29, 1.82) is 0 Å². The van der Waals surface area contributed by atoms with E-state index in [2.05, 4.69) is 0 Å². The molecule has 2 atom stereocenters. The molecule has 1 saturated carbocycles. The number of carbonyl (C=O) groups excluding carboxylic acids is 2. The van der Waals surface area contributed by atoms with Crippen LogP contribution in [0.2, 0.25) is 0 Å². The average Bonchev–Trinajstić information content (AvgIpc) is 2.46. The van der Waals surface area contributed by atoms with Crippen LogP contribution in [0, 0.1) is 11.8 Å². The zero-order valence-electron chi connectivity index (χ0n) is 13.1. The molecular formula is C15H25NO6. The van der Waals surface area contributed by atoms with Crippen molar-refractivity contribution < 1.29 is 29.0 Å². The Hall–Kier alpha value is -1.63. The number of esters is 2. The van der Waals surface area contributed by atoms with E-state index < -0.39 is 30.2 Å². The van der Waals surface area contributed by atoms with Crippen LogP contribution >= 0.6 is 0 Å². The second-order valence-electron chi connectivity index (χ2n) is 5.72. The smallest absolute Gasteiger partial charge is 0.326 e. The van der Waals surface area contributed by atoms with E-state index >= 15 is 0 Å². The topological polar surface area (TPSA) is 116 Å². The van der Waals surface area contributed by atoms with Crippen LogP contribution in [0.5, 0.6) is 0 Å². The van der Waals surface area contributed by atoms with Crippen molar-refractivity contribution >= 4 is 17.9 Å². The molecule has 0 saturated heterocycles. The maximum Gasteiger partial charge on any atom is 0.326 e. The first-order valence-corrected chi connectivity index (χ1v) is 7.73. The lowest BCUT2D eigenvalue weighted by molar-refractivity contribution is -0.186. The largest absolute Gasteiger partial charge is 0.481 e. The number of carboxylic acids is 1. The molecule has 0 aliphatic heterocycles. The fourth-order valence-electron chi connectivity index (χ4n) is 2.63. The van der Waals surface area contributed by atoms with Gasteiger partial charge in [0.25, 0.3) is 0 Å². The highest BCUT2D eigenvalue weighted by atomic mass is 16.7. The lowest BCUT2D eigenvalue weighted by Gasteiger charge is -2.29. The lowest BCUT2D eigenvalue weighted by atomic mass is 9.79. The fourth-order valence-corrected chi connectivity index (χ4v) is 2.63. The van der Waals surface area contributed by atoms with Crippen molar-refractivity contribution in [3.05, 3.63) is 0 Å². The molecule has 22 heavy (non-hydrogen) atoms. The minimum Gasteiger partial charge on any atom is -0.481 e. The Labute approximate surface area is 130 Å². The standard InChI is InChI=1S/C15H25NO6/c1-3-4-12(17)21-9(2)22-15(20)13(16)10-5-7-11(8-6-10)14(18)19/h9-11,13H,3-8,16H2,1-2H3,(H,18,19). The molecule has 7 nitrogen and oxygen atoms in total. The SMILES string of the molecule is CCCC(=O)OC(C)OC(=O)C(N)C1CCC(C(=O)O)CC1. The van der Waals surface area contributed by atoms with Gasteiger partial charge in [-0.2, -0.15) is 0 Å². The van der Waals surface area contributed by atoms with Crippen LogP contribution in [0.4, 0.5) is 0 Å². The maximum absolute atomic E-state index is 12.0. The summed E-state index contributed by atoms with van der Waals surface area (Å²) < 4.78 is 9.97. The van der Waals surface area contributed by atoms with Crippen molar-refractivity contribution in [2.45, 2.75) is 64.7 Å². The molecule has 2 unspecified atom stereocenters. The second-order valence-corrected chi connectivity index (χ2v) is 5.72. The van der Waals surface area contributed by atoms with Crippen LogP contribution < -0.4 is 5.73 Å². The summed E-state index contributed by atoms with van der Waals surface area (Å²) in [7, 11) is 0. The van der Waals surface area contributed by atoms with Gasteiger partial charge in [0.15, 0.2) is 0 Å². The van der Waals surface area contributed by atoms with E-state index in [1.54, 1.807) is 0 Å². The Kier molecular flexibility index (Phi) is 7.31. The number of ether oxygens (including phenoxy) is 2. The Balaban J connectivity index is 2.39. The molecule has 1 aliphatic rings. The first kappa shape index (κ1) is 18.4. The van der Waals surface area contributed by atoms with Gasteiger partial charge in [0.2, 0.25) is 6.29 Å². The zero-order valence-corrected chi connectivity index (χ0v) is 13.1. The average molecular weight is 315 g/mol. The van der Waals surface area contributed by atoms with Crippen molar-refractivity contribution in [3.8, 4) is 0 Å². The summed E-state index contributed by atoms with van der Waals surface area (Å²) in [6.45, 7) is 3.32. The van der Waals surface area contributed by atoms with Gasteiger partial charge in [-0.15, -0.1) is 0 Å². The molecule has 1 aliphatic carbocycles. The summed E-state index contributed by atoms with van der Waals surface area (Å²) in [5, 5.41) is 8.95. The molecule has 126 valence electrons. The third-order valence-corrected chi connectivity index (χ3v) is 3.93. The normalized spacial score (nSPS) is 24.1. The van der Waals surface area contributed by atoms with E-state index in [4.69, 9.17) is 20.3 Å². The molecule has 1 fully saturated rings. The van der Waals surface area contributed by atoms with Gasteiger partial charge in [0.05, 0.1) is 5.92 Å².